The summed E-state index contributed by atoms with van der Waals surface area (Å²) in [5, 5.41) is 13.1. The maximum absolute atomic E-state index is 12.5. The lowest BCUT2D eigenvalue weighted by Gasteiger charge is -2.35. The van der Waals surface area contributed by atoms with E-state index in [-0.39, 0.29) is 18.2 Å². The zero-order valence-electron chi connectivity index (χ0n) is 11.2. The van der Waals surface area contributed by atoms with E-state index < -0.39 is 12.6 Å². The molecule has 0 amide bonds. The van der Waals surface area contributed by atoms with Gasteiger partial charge < -0.3 is 10.4 Å². The average molecular weight is 288 g/mol. The van der Waals surface area contributed by atoms with E-state index in [1.165, 1.54) is 6.07 Å². The van der Waals surface area contributed by atoms with Crippen LogP contribution in [0.15, 0.2) is 24.3 Å². The maximum atomic E-state index is 12.5. The van der Waals surface area contributed by atoms with Crippen molar-refractivity contribution in [2.75, 3.05) is 26.2 Å². The molecule has 1 fully saturated rings. The Morgan fingerprint density at radius 2 is 1.85 bits per heavy atom. The Morgan fingerprint density at radius 3 is 2.45 bits per heavy atom. The second-order valence-electron chi connectivity index (χ2n) is 5.01. The maximum Gasteiger partial charge on any atom is 0.389 e. The zero-order valence-corrected chi connectivity index (χ0v) is 11.2. The van der Waals surface area contributed by atoms with Crippen LogP contribution in [0.2, 0.25) is 0 Å². The van der Waals surface area contributed by atoms with Crippen molar-refractivity contribution in [3.63, 3.8) is 0 Å². The van der Waals surface area contributed by atoms with Crippen LogP contribution in [-0.4, -0.2) is 42.4 Å². The number of hydrogen-bond acceptors (Lipinski definition) is 3. The fourth-order valence-corrected chi connectivity index (χ4v) is 2.60. The van der Waals surface area contributed by atoms with Gasteiger partial charge >= 0.3 is 6.18 Å². The SMILES string of the molecule is Oc1ccccc1[C@H](CCC(F)(F)F)N1CCNCC1. The first-order chi connectivity index (χ1) is 9.47. The molecule has 6 heteroatoms. The van der Waals surface area contributed by atoms with Crippen molar-refractivity contribution in [3.8, 4) is 5.75 Å². The molecular weight excluding hydrogens is 269 g/mol. The molecule has 1 atom stereocenters. The van der Waals surface area contributed by atoms with Crippen molar-refractivity contribution >= 4 is 0 Å². The number of halogens is 3. The lowest BCUT2D eigenvalue weighted by Crippen LogP contribution is -2.45. The third-order valence-corrected chi connectivity index (χ3v) is 3.59. The number of nitrogens with zero attached hydrogens (tertiary/aromatic N) is 1. The van der Waals surface area contributed by atoms with Gasteiger partial charge in [-0.05, 0) is 12.5 Å². The molecule has 20 heavy (non-hydrogen) atoms. The predicted molar refractivity (Wildman–Crippen MR) is 70.6 cm³/mol. The number of aromatic hydroxyl groups is 1. The molecule has 0 radical (unpaired) electrons. The van der Waals surface area contributed by atoms with Crippen molar-refractivity contribution in [2.24, 2.45) is 0 Å². The molecule has 1 aromatic carbocycles. The minimum Gasteiger partial charge on any atom is -0.508 e. The number of phenolic OH excluding ortho intramolecular Hbond substituents is 1. The van der Waals surface area contributed by atoms with Gasteiger partial charge in [-0.1, -0.05) is 18.2 Å². The molecule has 2 N–H and O–H groups in total. The van der Waals surface area contributed by atoms with Crippen LogP contribution in [0, 0.1) is 0 Å². The standard InChI is InChI=1S/C14H19F3N2O/c15-14(16,17)6-5-12(19-9-7-18-8-10-19)11-3-1-2-4-13(11)20/h1-4,12,18,20H,5-10H2/t12-/m0/s1. The summed E-state index contributed by atoms with van der Waals surface area (Å²) in [6, 6.07) is 6.27. The first-order valence-corrected chi connectivity index (χ1v) is 6.77. The van der Waals surface area contributed by atoms with Gasteiger partial charge in [0.15, 0.2) is 0 Å². The highest BCUT2D eigenvalue weighted by Crippen LogP contribution is 2.35. The molecule has 0 saturated carbocycles. The Hall–Kier alpha value is -1.27. The Balaban J connectivity index is 2.17. The summed E-state index contributed by atoms with van der Waals surface area (Å²) in [6.07, 6.45) is -5.03. The van der Waals surface area contributed by atoms with E-state index in [1.54, 1.807) is 18.2 Å². The van der Waals surface area contributed by atoms with Gasteiger partial charge in [-0.25, -0.2) is 0 Å². The lowest BCUT2D eigenvalue weighted by atomic mass is 9.98. The quantitative estimate of drug-likeness (QED) is 0.894. The monoisotopic (exact) mass is 288 g/mol. The number of nitrogens with one attached hydrogen (secondary N) is 1. The summed E-state index contributed by atoms with van der Waals surface area (Å²) in [6.45, 7) is 2.90. The molecule has 3 nitrogen and oxygen atoms in total. The van der Waals surface area contributed by atoms with E-state index in [2.05, 4.69) is 5.32 Å². The van der Waals surface area contributed by atoms with Crippen molar-refractivity contribution in [1.82, 2.24) is 10.2 Å². The molecule has 1 aliphatic heterocycles. The van der Waals surface area contributed by atoms with Crippen molar-refractivity contribution in [1.29, 1.82) is 0 Å². The average Bonchev–Trinajstić information content (AvgIpc) is 2.41. The van der Waals surface area contributed by atoms with Gasteiger partial charge in [0.25, 0.3) is 0 Å². The van der Waals surface area contributed by atoms with Crippen LogP contribution in [0.1, 0.15) is 24.4 Å². The minimum atomic E-state index is -4.17. The van der Waals surface area contributed by atoms with Crippen LogP contribution in [0.25, 0.3) is 0 Å². The summed E-state index contributed by atoms with van der Waals surface area (Å²) >= 11 is 0. The lowest BCUT2D eigenvalue weighted by molar-refractivity contribution is -0.138. The summed E-state index contributed by atoms with van der Waals surface area (Å²) in [5.74, 6) is 0.0678. The number of phenols is 1. The van der Waals surface area contributed by atoms with Gasteiger partial charge in [0.1, 0.15) is 5.75 Å². The van der Waals surface area contributed by atoms with Gasteiger partial charge in [-0.15, -0.1) is 0 Å². The summed E-state index contributed by atoms with van der Waals surface area (Å²) < 4.78 is 37.5. The van der Waals surface area contributed by atoms with Gasteiger partial charge in [0.05, 0.1) is 0 Å². The Morgan fingerprint density at radius 1 is 1.20 bits per heavy atom. The van der Waals surface area contributed by atoms with Crippen LogP contribution in [-0.2, 0) is 0 Å². The smallest absolute Gasteiger partial charge is 0.389 e. The van der Waals surface area contributed by atoms with Crippen LogP contribution in [0.3, 0.4) is 0 Å². The molecule has 0 aliphatic carbocycles. The van der Waals surface area contributed by atoms with E-state index in [1.807, 2.05) is 4.90 Å². The van der Waals surface area contributed by atoms with E-state index >= 15 is 0 Å². The molecule has 112 valence electrons. The van der Waals surface area contributed by atoms with Crippen molar-refractivity contribution in [3.05, 3.63) is 29.8 Å². The van der Waals surface area contributed by atoms with Crippen LogP contribution in [0.5, 0.6) is 5.75 Å². The highest BCUT2D eigenvalue weighted by Gasteiger charge is 2.32. The highest BCUT2D eigenvalue weighted by molar-refractivity contribution is 5.34. The Labute approximate surface area is 116 Å². The number of piperazine rings is 1. The van der Waals surface area contributed by atoms with Gasteiger partial charge in [0.2, 0.25) is 0 Å². The van der Waals surface area contributed by atoms with Crippen LogP contribution >= 0.6 is 0 Å². The predicted octanol–water partition coefficient (Wildman–Crippen LogP) is 2.68. The number of hydrogen-bond donors (Lipinski definition) is 2. The van der Waals surface area contributed by atoms with Crippen molar-refractivity contribution < 1.29 is 18.3 Å². The number of alkyl halides is 3. The molecule has 0 unspecified atom stereocenters. The molecule has 1 aliphatic rings. The van der Waals surface area contributed by atoms with E-state index in [0.717, 1.165) is 13.1 Å². The van der Waals surface area contributed by atoms with E-state index in [9.17, 15) is 18.3 Å². The Bertz CT molecular complexity index is 431. The fraction of sp³-hybridized carbons (Fsp3) is 0.571. The molecule has 1 heterocycles. The second-order valence-corrected chi connectivity index (χ2v) is 5.01. The van der Waals surface area contributed by atoms with Crippen LogP contribution in [0.4, 0.5) is 13.2 Å². The molecule has 1 saturated heterocycles. The number of rotatable bonds is 4. The first-order valence-electron chi connectivity index (χ1n) is 6.77. The highest BCUT2D eigenvalue weighted by atomic mass is 19.4. The topological polar surface area (TPSA) is 35.5 Å². The van der Waals surface area contributed by atoms with Gasteiger partial charge in [0, 0.05) is 44.2 Å². The largest absolute Gasteiger partial charge is 0.508 e. The van der Waals surface area contributed by atoms with Gasteiger partial charge in [-0.3, -0.25) is 4.90 Å². The van der Waals surface area contributed by atoms with Gasteiger partial charge in [-0.2, -0.15) is 13.2 Å². The molecule has 2 rings (SSSR count). The molecule has 1 aromatic rings. The summed E-state index contributed by atoms with van der Waals surface area (Å²) in [4.78, 5) is 2.01. The normalized spacial score (nSPS) is 18.9. The van der Waals surface area contributed by atoms with E-state index in [0.29, 0.717) is 18.7 Å². The second kappa shape index (κ2) is 6.45. The number of benzene rings is 1. The third-order valence-electron chi connectivity index (χ3n) is 3.59. The van der Waals surface area contributed by atoms with E-state index in [4.69, 9.17) is 0 Å². The van der Waals surface area contributed by atoms with Crippen LogP contribution < -0.4 is 5.32 Å². The fourth-order valence-electron chi connectivity index (χ4n) is 2.60. The first kappa shape index (κ1) is 15.1. The van der Waals surface area contributed by atoms with Crippen molar-refractivity contribution in [2.45, 2.75) is 25.1 Å². The summed E-state index contributed by atoms with van der Waals surface area (Å²) in [5.41, 5.74) is 0.582. The molecule has 0 aromatic heterocycles. The molecule has 0 bridgehead atoms. The zero-order chi connectivity index (χ0) is 14.6. The Kier molecular flexibility index (Phi) is 4.88. The minimum absolute atomic E-state index is 0.0267. The third kappa shape index (κ3) is 4.11. The number of para-hydroxylation sites is 1. The molecule has 0 spiro atoms. The molecular formula is C14H19F3N2O. The summed E-state index contributed by atoms with van der Waals surface area (Å²) in [7, 11) is 0.